The van der Waals surface area contributed by atoms with Gasteiger partial charge in [0.25, 0.3) is 5.91 Å². The minimum Gasteiger partial charge on any atom is -0.481 e. The van der Waals surface area contributed by atoms with Crippen molar-refractivity contribution in [2.24, 2.45) is 0 Å². The van der Waals surface area contributed by atoms with Crippen LogP contribution in [0.2, 0.25) is 0 Å². The number of nitrogens with zero attached hydrogens (tertiary/aromatic N) is 1. The summed E-state index contributed by atoms with van der Waals surface area (Å²) in [4.78, 5) is 15.9. The zero-order valence-corrected chi connectivity index (χ0v) is 12.5. The first-order valence-corrected chi connectivity index (χ1v) is 7.57. The first kappa shape index (κ1) is 14.3. The normalized spacial score (nSPS) is 16.7. The fraction of sp³-hybridized carbons (Fsp3) is 0.571. The van der Waals surface area contributed by atoms with Crippen LogP contribution < -0.4 is 10.1 Å². The van der Waals surface area contributed by atoms with Crippen LogP contribution in [-0.2, 0) is 4.79 Å². The Labute approximate surface area is 122 Å². The molecule has 0 aromatic carbocycles. The molecule has 0 saturated heterocycles. The van der Waals surface area contributed by atoms with Crippen LogP contribution in [-0.4, -0.2) is 23.5 Å². The predicted molar refractivity (Wildman–Crippen MR) is 77.1 cm³/mol. The summed E-state index contributed by atoms with van der Waals surface area (Å²) in [6, 6.07) is 3.88. The van der Waals surface area contributed by atoms with Crippen molar-refractivity contribution in [3.8, 4) is 5.75 Å². The van der Waals surface area contributed by atoms with Crippen LogP contribution >= 0.6 is 15.9 Å². The van der Waals surface area contributed by atoms with Gasteiger partial charge in [0.05, 0.1) is 0 Å². The van der Waals surface area contributed by atoms with Crippen LogP contribution in [0.3, 0.4) is 0 Å². The maximum atomic E-state index is 11.8. The summed E-state index contributed by atoms with van der Waals surface area (Å²) in [6.45, 7) is 0.0425. The lowest BCUT2D eigenvalue weighted by Crippen LogP contribution is -2.37. The average Bonchev–Trinajstić information content (AvgIpc) is 2.66. The lowest BCUT2D eigenvalue weighted by molar-refractivity contribution is -0.123. The summed E-state index contributed by atoms with van der Waals surface area (Å²) in [5.74, 6) is 0.543. The molecule has 0 bridgehead atoms. The molecule has 104 valence electrons. The molecular formula is C14H19BrN2O2. The highest BCUT2D eigenvalue weighted by molar-refractivity contribution is 9.10. The third-order valence-electron chi connectivity index (χ3n) is 3.30. The highest BCUT2D eigenvalue weighted by Gasteiger charge is 2.15. The molecule has 1 N–H and O–H groups in total. The lowest BCUT2D eigenvalue weighted by Gasteiger charge is -2.16. The van der Waals surface area contributed by atoms with Gasteiger partial charge in [-0.1, -0.05) is 25.7 Å². The van der Waals surface area contributed by atoms with Crippen molar-refractivity contribution >= 4 is 21.8 Å². The van der Waals surface area contributed by atoms with Crippen LogP contribution in [0.4, 0.5) is 0 Å². The molecule has 1 fully saturated rings. The van der Waals surface area contributed by atoms with Gasteiger partial charge in [-0.3, -0.25) is 4.79 Å². The number of rotatable bonds is 4. The van der Waals surface area contributed by atoms with E-state index in [4.69, 9.17) is 4.74 Å². The van der Waals surface area contributed by atoms with Crippen molar-refractivity contribution in [1.82, 2.24) is 10.3 Å². The number of amides is 1. The number of hydrogen-bond acceptors (Lipinski definition) is 3. The number of carbonyl (C=O) groups is 1. The maximum Gasteiger partial charge on any atom is 0.258 e. The molecule has 1 aromatic heterocycles. The second-order valence-electron chi connectivity index (χ2n) is 4.84. The van der Waals surface area contributed by atoms with Gasteiger partial charge in [-0.25, -0.2) is 4.98 Å². The smallest absolute Gasteiger partial charge is 0.258 e. The van der Waals surface area contributed by atoms with E-state index < -0.39 is 0 Å². The van der Waals surface area contributed by atoms with Crippen molar-refractivity contribution < 1.29 is 9.53 Å². The molecule has 0 aliphatic heterocycles. The summed E-state index contributed by atoms with van der Waals surface area (Å²) in [5, 5.41) is 3.05. The minimum atomic E-state index is -0.0531. The summed E-state index contributed by atoms with van der Waals surface area (Å²) in [5.41, 5.74) is 0. The number of hydrogen-bond donors (Lipinski definition) is 1. The Kier molecular flexibility index (Phi) is 5.63. The van der Waals surface area contributed by atoms with Crippen molar-refractivity contribution in [1.29, 1.82) is 0 Å². The second kappa shape index (κ2) is 7.48. The number of nitrogens with one attached hydrogen (secondary N) is 1. The number of aromatic nitrogens is 1. The average molecular weight is 327 g/mol. The van der Waals surface area contributed by atoms with Gasteiger partial charge in [0.15, 0.2) is 12.4 Å². The molecule has 5 heteroatoms. The standard InChI is InChI=1S/C14H19BrN2O2/c15-14-12(8-5-9-16-14)19-10-13(18)17-11-6-3-1-2-4-7-11/h5,8-9,11H,1-4,6-7,10H2,(H,17,18). The third-order valence-corrected chi connectivity index (χ3v) is 3.90. The van der Waals surface area contributed by atoms with E-state index in [0.717, 1.165) is 12.8 Å². The SMILES string of the molecule is O=C(COc1cccnc1Br)NC1CCCCCC1. The van der Waals surface area contributed by atoms with Gasteiger partial charge in [-0.15, -0.1) is 0 Å². The van der Waals surface area contributed by atoms with Gasteiger partial charge in [-0.05, 0) is 40.9 Å². The van der Waals surface area contributed by atoms with E-state index in [-0.39, 0.29) is 12.5 Å². The van der Waals surface area contributed by atoms with Crippen LogP contribution in [0.25, 0.3) is 0 Å². The largest absolute Gasteiger partial charge is 0.481 e. The van der Waals surface area contributed by atoms with E-state index in [1.54, 1.807) is 18.3 Å². The van der Waals surface area contributed by atoms with Crippen molar-refractivity contribution in [3.05, 3.63) is 22.9 Å². The Morgan fingerprint density at radius 2 is 2.11 bits per heavy atom. The van der Waals surface area contributed by atoms with Gasteiger partial charge in [0.2, 0.25) is 0 Å². The number of ether oxygens (including phenoxy) is 1. The van der Waals surface area contributed by atoms with Crippen molar-refractivity contribution in [2.45, 2.75) is 44.6 Å². The van der Waals surface area contributed by atoms with E-state index >= 15 is 0 Å². The summed E-state index contributed by atoms with van der Waals surface area (Å²) in [7, 11) is 0. The lowest BCUT2D eigenvalue weighted by atomic mass is 10.1. The molecule has 1 aliphatic rings. The number of halogens is 1. The first-order valence-electron chi connectivity index (χ1n) is 6.78. The van der Waals surface area contributed by atoms with Crippen molar-refractivity contribution in [2.75, 3.05) is 6.61 Å². The first-order chi connectivity index (χ1) is 9.25. The van der Waals surface area contributed by atoms with Gasteiger partial charge in [0, 0.05) is 12.2 Å². The molecule has 0 spiro atoms. The molecule has 19 heavy (non-hydrogen) atoms. The second-order valence-corrected chi connectivity index (χ2v) is 5.59. The molecule has 0 radical (unpaired) electrons. The highest BCUT2D eigenvalue weighted by Crippen LogP contribution is 2.21. The Hall–Kier alpha value is -1.10. The molecule has 1 heterocycles. The molecule has 0 unspecified atom stereocenters. The zero-order chi connectivity index (χ0) is 13.5. The molecule has 2 rings (SSSR count). The molecule has 1 saturated carbocycles. The molecule has 0 atom stereocenters. The fourth-order valence-electron chi connectivity index (χ4n) is 2.32. The monoisotopic (exact) mass is 326 g/mol. The summed E-state index contributed by atoms with van der Waals surface area (Å²) in [6.07, 6.45) is 8.82. The van der Waals surface area contributed by atoms with Crippen LogP contribution in [0.1, 0.15) is 38.5 Å². The molecule has 1 aliphatic carbocycles. The molecule has 1 amide bonds. The fourth-order valence-corrected chi connectivity index (χ4v) is 2.68. The summed E-state index contributed by atoms with van der Waals surface area (Å²) < 4.78 is 6.07. The molecule has 4 nitrogen and oxygen atoms in total. The Morgan fingerprint density at radius 1 is 1.37 bits per heavy atom. The van der Waals surface area contributed by atoms with Gasteiger partial charge < -0.3 is 10.1 Å². The van der Waals surface area contributed by atoms with E-state index in [9.17, 15) is 4.79 Å². The quantitative estimate of drug-likeness (QED) is 0.683. The maximum absolute atomic E-state index is 11.8. The van der Waals surface area contributed by atoms with Gasteiger partial charge in [-0.2, -0.15) is 0 Å². The minimum absolute atomic E-state index is 0.0425. The number of carbonyl (C=O) groups excluding carboxylic acids is 1. The van der Waals surface area contributed by atoms with E-state index in [1.807, 2.05) is 0 Å². The van der Waals surface area contributed by atoms with Gasteiger partial charge in [0.1, 0.15) is 4.60 Å². The topological polar surface area (TPSA) is 51.2 Å². The molecule has 1 aromatic rings. The van der Waals surface area contributed by atoms with E-state index in [2.05, 4.69) is 26.2 Å². The highest BCUT2D eigenvalue weighted by atomic mass is 79.9. The zero-order valence-electron chi connectivity index (χ0n) is 10.9. The van der Waals surface area contributed by atoms with E-state index in [1.165, 1.54) is 25.7 Å². The third kappa shape index (κ3) is 4.82. The predicted octanol–water partition coefficient (Wildman–Crippen LogP) is 3.06. The van der Waals surface area contributed by atoms with Crippen LogP contribution in [0.5, 0.6) is 5.75 Å². The Morgan fingerprint density at radius 3 is 2.79 bits per heavy atom. The van der Waals surface area contributed by atoms with Crippen molar-refractivity contribution in [3.63, 3.8) is 0 Å². The Bertz CT molecular complexity index is 418. The van der Waals surface area contributed by atoms with E-state index in [0.29, 0.717) is 16.4 Å². The summed E-state index contributed by atoms with van der Waals surface area (Å²) >= 11 is 3.29. The van der Waals surface area contributed by atoms with Crippen LogP contribution in [0, 0.1) is 0 Å². The number of pyridine rings is 1. The Balaban J connectivity index is 1.76. The molecular weight excluding hydrogens is 308 g/mol. The van der Waals surface area contributed by atoms with Crippen LogP contribution in [0.15, 0.2) is 22.9 Å². The van der Waals surface area contributed by atoms with Gasteiger partial charge >= 0.3 is 0 Å².